The van der Waals surface area contributed by atoms with Crippen LogP contribution >= 0.6 is 0 Å². The summed E-state index contributed by atoms with van der Waals surface area (Å²) < 4.78 is 11.4. The van der Waals surface area contributed by atoms with E-state index in [4.69, 9.17) is 9.47 Å². The molecule has 1 atom stereocenters. The van der Waals surface area contributed by atoms with Gasteiger partial charge in [-0.05, 0) is 38.2 Å². The molecule has 0 aliphatic heterocycles. The molecule has 0 radical (unpaired) electrons. The number of carbonyl (C=O) groups is 1. The third kappa shape index (κ3) is 2.72. The van der Waals surface area contributed by atoms with Crippen LogP contribution in [-0.2, 0) is 17.6 Å². The molecule has 2 aromatic rings. The van der Waals surface area contributed by atoms with Gasteiger partial charge in [-0.3, -0.25) is 0 Å². The molecule has 0 aromatic heterocycles. The number of hydrogen-bond acceptors (Lipinski definition) is 3. The molecule has 0 amide bonds. The fourth-order valence-corrected chi connectivity index (χ4v) is 3.46. The van der Waals surface area contributed by atoms with E-state index in [9.17, 15) is 4.79 Å². The average molecular weight is 310 g/mol. The van der Waals surface area contributed by atoms with Crippen LogP contribution in [0.5, 0.6) is 11.5 Å². The highest BCUT2D eigenvalue weighted by molar-refractivity contribution is 5.99. The van der Waals surface area contributed by atoms with E-state index < -0.39 is 5.97 Å². The van der Waals surface area contributed by atoms with E-state index in [1.807, 2.05) is 12.1 Å². The lowest BCUT2D eigenvalue weighted by atomic mass is 9.82. The van der Waals surface area contributed by atoms with Crippen LogP contribution in [0.2, 0.25) is 0 Å². The molecule has 0 heterocycles. The highest BCUT2D eigenvalue weighted by Gasteiger charge is 2.27. The first-order valence-electron chi connectivity index (χ1n) is 8.01. The third-order valence-electron chi connectivity index (χ3n) is 4.59. The number of benzene rings is 2. The third-order valence-corrected chi connectivity index (χ3v) is 4.59. The van der Waals surface area contributed by atoms with Gasteiger partial charge in [0, 0.05) is 28.0 Å². The van der Waals surface area contributed by atoms with Gasteiger partial charge in [-0.2, -0.15) is 0 Å². The van der Waals surface area contributed by atoms with Crippen LogP contribution < -0.4 is 9.47 Å². The van der Waals surface area contributed by atoms with Crippen molar-refractivity contribution in [1.82, 2.24) is 0 Å². The standard InChI is InChI=1S/C20H22O3/c1-5-18(21)23-20-15-9-7-12(2)10-16(15)19(22-4)14-8-6-13(3)11-17(14)20/h5,7,9-10,13H,1,6,8,11H2,2-4H3. The SMILES string of the molecule is C=CC(=O)Oc1c2c(c(OC)c3cc(C)ccc13)CCC(C)C2. The number of fused-ring (bicyclic) bond motifs is 2. The van der Waals surface area contributed by atoms with Gasteiger partial charge in [0.25, 0.3) is 0 Å². The maximum atomic E-state index is 11.8. The first-order valence-corrected chi connectivity index (χ1v) is 8.01. The van der Waals surface area contributed by atoms with Gasteiger partial charge in [0.1, 0.15) is 11.5 Å². The highest BCUT2D eigenvalue weighted by Crippen LogP contribution is 2.45. The molecule has 2 aromatic carbocycles. The summed E-state index contributed by atoms with van der Waals surface area (Å²) in [6.45, 7) is 7.79. The second-order valence-electron chi connectivity index (χ2n) is 6.34. The number of hydrogen-bond donors (Lipinski definition) is 0. The van der Waals surface area contributed by atoms with E-state index in [0.29, 0.717) is 11.7 Å². The van der Waals surface area contributed by atoms with Gasteiger partial charge in [-0.15, -0.1) is 0 Å². The summed E-state index contributed by atoms with van der Waals surface area (Å²) >= 11 is 0. The normalized spacial score (nSPS) is 16.7. The fourth-order valence-electron chi connectivity index (χ4n) is 3.46. The van der Waals surface area contributed by atoms with E-state index in [1.54, 1.807) is 7.11 Å². The maximum absolute atomic E-state index is 11.8. The van der Waals surface area contributed by atoms with Crippen molar-refractivity contribution in [3.05, 3.63) is 47.5 Å². The van der Waals surface area contributed by atoms with Gasteiger partial charge in [0.2, 0.25) is 0 Å². The lowest BCUT2D eigenvalue weighted by Crippen LogP contribution is -2.16. The molecule has 3 nitrogen and oxygen atoms in total. The molecule has 0 saturated carbocycles. The van der Waals surface area contributed by atoms with Crippen molar-refractivity contribution in [3.63, 3.8) is 0 Å². The number of ether oxygens (including phenoxy) is 2. The summed E-state index contributed by atoms with van der Waals surface area (Å²) in [6, 6.07) is 6.14. The Morgan fingerprint density at radius 2 is 2.04 bits per heavy atom. The van der Waals surface area contributed by atoms with Crippen molar-refractivity contribution in [2.75, 3.05) is 7.11 Å². The van der Waals surface area contributed by atoms with E-state index in [0.717, 1.165) is 46.9 Å². The molecule has 0 spiro atoms. The molecular weight excluding hydrogens is 288 g/mol. The summed E-state index contributed by atoms with van der Waals surface area (Å²) in [5.74, 6) is 1.74. The Bertz CT molecular complexity index is 789. The first-order chi connectivity index (χ1) is 11.0. The Labute approximate surface area is 136 Å². The number of rotatable bonds is 3. The Morgan fingerprint density at radius 3 is 2.74 bits per heavy atom. The quantitative estimate of drug-likeness (QED) is 0.479. The fraction of sp³-hybridized carbons (Fsp3) is 0.350. The van der Waals surface area contributed by atoms with Crippen LogP contribution in [0.3, 0.4) is 0 Å². The molecule has 1 aliphatic rings. The summed E-state index contributed by atoms with van der Waals surface area (Å²) in [5, 5.41) is 1.93. The Morgan fingerprint density at radius 1 is 1.26 bits per heavy atom. The van der Waals surface area contributed by atoms with E-state index in [2.05, 4.69) is 26.5 Å². The highest BCUT2D eigenvalue weighted by atomic mass is 16.5. The van der Waals surface area contributed by atoms with Crippen LogP contribution in [0.25, 0.3) is 10.8 Å². The van der Waals surface area contributed by atoms with Crippen molar-refractivity contribution in [2.24, 2.45) is 5.92 Å². The molecular formula is C20H22O3. The predicted octanol–water partition coefficient (Wildman–Crippen LogP) is 4.37. The topological polar surface area (TPSA) is 35.5 Å². The van der Waals surface area contributed by atoms with Crippen LogP contribution in [0.15, 0.2) is 30.9 Å². The largest absolute Gasteiger partial charge is 0.496 e. The number of esters is 1. The first kappa shape index (κ1) is 15.6. The number of aryl methyl sites for hydroxylation is 1. The van der Waals surface area contributed by atoms with Crippen LogP contribution in [0, 0.1) is 12.8 Å². The molecule has 1 aliphatic carbocycles. The minimum atomic E-state index is -0.419. The molecule has 23 heavy (non-hydrogen) atoms. The lowest BCUT2D eigenvalue weighted by Gasteiger charge is -2.27. The van der Waals surface area contributed by atoms with Crippen molar-refractivity contribution in [1.29, 1.82) is 0 Å². The maximum Gasteiger partial charge on any atom is 0.335 e. The summed E-state index contributed by atoms with van der Waals surface area (Å²) in [5.41, 5.74) is 3.43. The van der Waals surface area contributed by atoms with Gasteiger partial charge < -0.3 is 9.47 Å². The van der Waals surface area contributed by atoms with Crippen molar-refractivity contribution in [3.8, 4) is 11.5 Å². The molecule has 0 bridgehead atoms. The van der Waals surface area contributed by atoms with Gasteiger partial charge in [-0.1, -0.05) is 31.2 Å². The molecule has 1 unspecified atom stereocenters. The minimum Gasteiger partial charge on any atom is -0.496 e. The van der Waals surface area contributed by atoms with Crippen LogP contribution in [0.4, 0.5) is 0 Å². The van der Waals surface area contributed by atoms with Crippen molar-refractivity contribution >= 4 is 16.7 Å². The van der Waals surface area contributed by atoms with Crippen molar-refractivity contribution < 1.29 is 14.3 Å². The van der Waals surface area contributed by atoms with Gasteiger partial charge in [0.05, 0.1) is 7.11 Å². The average Bonchev–Trinajstić information content (AvgIpc) is 2.54. The molecule has 3 heteroatoms. The summed E-state index contributed by atoms with van der Waals surface area (Å²) in [4.78, 5) is 11.8. The summed E-state index contributed by atoms with van der Waals surface area (Å²) in [7, 11) is 1.71. The van der Waals surface area contributed by atoms with E-state index in [-0.39, 0.29) is 0 Å². The predicted molar refractivity (Wildman–Crippen MR) is 92.3 cm³/mol. The Balaban J connectivity index is 2.35. The lowest BCUT2D eigenvalue weighted by molar-refractivity contribution is -0.128. The van der Waals surface area contributed by atoms with Crippen LogP contribution in [0.1, 0.15) is 30.0 Å². The molecule has 3 rings (SSSR count). The number of methoxy groups -OCH3 is 1. The molecule has 120 valence electrons. The molecule has 0 saturated heterocycles. The van der Waals surface area contributed by atoms with E-state index >= 15 is 0 Å². The second-order valence-corrected chi connectivity index (χ2v) is 6.34. The molecule has 0 N–H and O–H groups in total. The van der Waals surface area contributed by atoms with Gasteiger partial charge in [0.15, 0.2) is 0 Å². The second kappa shape index (κ2) is 6.07. The van der Waals surface area contributed by atoms with Gasteiger partial charge in [-0.25, -0.2) is 4.79 Å². The van der Waals surface area contributed by atoms with Crippen molar-refractivity contribution in [2.45, 2.75) is 33.1 Å². The smallest absolute Gasteiger partial charge is 0.335 e. The Hall–Kier alpha value is -2.29. The zero-order valence-electron chi connectivity index (χ0n) is 13.9. The van der Waals surface area contributed by atoms with Gasteiger partial charge >= 0.3 is 5.97 Å². The monoisotopic (exact) mass is 310 g/mol. The van der Waals surface area contributed by atoms with E-state index in [1.165, 1.54) is 11.6 Å². The zero-order chi connectivity index (χ0) is 16.6. The summed E-state index contributed by atoms with van der Waals surface area (Å²) in [6.07, 6.45) is 4.18. The zero-order valence-corrected chi connectivity index (χ0v) is 13.9. The molecule has 0 fully saturated rings. The number of carbonyl (C=O) groups excluding carboxylic acids is 1. The van der Waals surface area contributed by atoms with Crippen LogP contribution in [-0.4, -0.2) is 13.1 Å². The Kier molecular flexibility index (Phi) is 4.12. The minimum absolute atomic E-state index is 0.419.